The van der Waals surface area contributed by atoms with Crippen LogP contribution < -0.4 is 5.32 Å². The maximum Gasteiger partial charge on any atom is 0.256 e. The van der Waals surface area contributed by atoms with Crippen molar-refractivity contribution in [3.05, 3.63) is 23.9 Å². The van der Waals surface area contributed by atoms with Crippen LogP contribution in [-0.4, -0.2) is 43.4 Å². The Bertz CT molecular complexity index is 753. The first kappa shape index (κ1) is 15.9. The first-order valence-electron chi connectivity index (χ1n) is 8.71. The van der Waals surface area contributed by atoms with Crippen molar-refractivity contribution >= 4 is 21.8 Å². The van der Waals surface area contributed by atoms with E-state index in [0.29, 0.717) is 23.9 Å². The predicted octanol–water partition coefficient (Wildman–Crippen LogP) is 1.42. The average molecular weight is 349 g/mol. The fourth-order valence-corrected chi connectivity index (χ4v) is 5.61. The van der Waals surface area contributed by atoms with Gasteiger partial charge in [0.1, 0.15) is 5.84 Å². The molecule has 6 nitrogen and oxygen atoms in total. The molecule has 7 heteroatoms. The Kier molecular flexibility index (Phi) is 3.78. The molecule has 2 heterocycles. The van der Waals surface area contributed by atoms with Crippen LogP contribution in [-0.2, 0) is 14.8 Å². The molecule has 1 amide bonds. The topological polar surface area (TPSA) is 78.8 Å². The number of fused-ring (bicyclic) bond motifs is 3. The lowest BCUT2D eigenvalue weighted by Gasteiger charge is -2.30. The third kappa shape index (κ3) is 2.90. The van der Waals surface area contributed by atoms with E-state index in [2.05, 4.69) is 16.6 Å². The first-order valence-corrected chi connectivity index (χ1v) is 10.3. The van der Waals surface area contributed by atoms with Gasteiger partial charge in [-0.1, -0.05) is 6.42 Å². The Morgan fingerprint density at radius 1 is 1.33 bits per heavy atom. The quantitative estimate of drug-likeness (QED) is 0.836. The number of amides is 1. The SMILES string of the molecule is CC(NC(=O)C1=CN2CCS(=O)(=O)N=C2C=C1)C1CC2CCC1C2. The second kappa shape index (κ2) is 5.72. The predicted molar refractivity (Wildman–Crippen MR) is 91.7 cm³/mol. The summed E-state index contributed by atoms with van der Waals surface area (Å²) in [5.74, 6) is 2.51. The van der Waals surface area contributed by atoms with Gasteiger partial charge < -0.3 is 10.2 Å². The third-order valence-corrected chi connectivity index (χ3v) is 7.04. The molecule has 2 saturated carbocycles. The number of hydrogen-bond donors (Lipinski definition) is 1. The first-order chi connectivity index (χ1) is 11.4. The number of carbonyl (C=O) groups is 1. The van der Waals surface area contributed by atoms with E-state index in [1.165, 1.54) is 25.7 Å². The summed E-state index contributed by atoms with van der Waals surface area (Å²) < 4.78 is 26.8. The van der Waals surface area contributed by atoms with Gasteiger partial charge in [0.25, 0.3) is 15.9 Å². The Labute approximate surface area is 142 Å². The van der Waals surface area contributed by atoms with Crippen LogP contribution in [0.15, 0.2) is 28.3 Å². The van der Waals surface area contributed by atoms with Crippen LogP contribution in [0.2, 0.25) is 0 Å². The van der Waals surface area contributed by atoms with Gasteiger partial charge >= 0.3 is 0 Å². The van der Waals surface area contributed by atoms with Gasteiger partial charge in [0.2, 0.25) is 0 Å². The molecule has 2 aliphatic carbocycles. The van der Waals surface area contributed by atoms with Gasteiger partial charge in [-0.05, 0) is 56.1 Å². The molecule has 1 N–H and O–H groups in total. The van der Waals surface area contributed by atoms with E-state index in [-0.39, 0.29) is 17.7 Å². The normalized spacial score (nSPS) is 34.4. The number of rotatable bonds is 3. The summed E-state index contributed by atoms with van der Waals surface area (Å²) in [5.41, 5.74) is 0.559. The zero-order chi connectivity index (χ0) is 16.9. The minimum absolute atomic E-state index is 0.0166. The molecule has 4 atom stereocenters. The van der Waals surface area contributed by atoms with Crippen molar-refractivity contribution in [3.8, 4) is 0 Å². The second-order valence-electron chi connectivity index (χ2n) is 7.45. The van der Waals surface area contributed by atoms with Crippen molar-refractivity contribution in [2.75, 3.05) is 12.3 Å². The Hall–Kier alpha value is -1.63. The molecule has 0 spiro atoms. The highest BCUT2D eigenvalue weighted by molar-refractivity contribution is 7.90. The minimum atomic E-state index is -3.36. The van der Waals surface area contributed by atoms with Crippen LogP contribution in [0.3, 0.4) is 0 Å². The summed E-state index contributed by atoms with van der Waals surface area (Å²) in [6.07, 6.45) is 10.2. The van der Waals surface area contributed by atoms with E-state index < -0.39 is 10.0 Å². The maximum atomic E-state index is 12.6. The molecule has 0 aromatic carbocycles. The summed E-state index contributed by atoms with van der Waals surface area (Å²) in [4.78, 5) is 14.3. The smallest absolute Gasteiger partial charge is 0.256 e. The Morgan fingerprint density at radius 2 is 2.17 bits per heavy atom. The lowest BCUT2D eigenvalue weighted by atomic mass is 9.84. The van der Waals surface area contributed by atoms with Crippen LogP contribution in [0.4, 0.5) is 0 Å². The van der Waals surface area contributed by atoms with E-state index >= 15 is 0 Å². The van der Waals surface area contributed by atoms with Crippen LogP contribution in [0.1, 0.15) is 32.6 Å². The highest BCUT2D eigenvalue weighted by atomic mass is 32.2. The van der Waals surface area contributed by atoms with Crippen LogP contribution >= 0.6 is 0 Å². The number of hydrogen-bond acceptors (Lipinski definition) is 4. The van der Waals surface area contributed by atoms with Gasteiger partial charge in [0.05, 0.1) is 11.3 Å². The molecule has 0 radical (unpaired) electrons. The summed E-state index contributed by atoms with van der Waals surface area (Å²) in [7, 11) is -3.36. The fraction of sp³-hybridized carbons (Fsp3) is 0.647. The number of carbonyl (C=O) groups excluding carboxylic acids is 1. The molecular weight excluding hydrogens is 326 g/mol. The molecular formula is C17H23N3O3S. The number of nitrogens with one attached hydrogen (secondary N) is 1. The number of amidine groups is 1. The molecule has 2 fully saturated rings. The zero-order valence-corrected chi connectivity index (χ0v) is 14.6. The highest BCUT2D eigenvalue weighted by Crippen LogP contribution is 2.49. The summed E-state index contributed by atoms with van der Waals surface area (Å²) in [6, 6.07) is 0.180. The molecule has 2 bridgehead atoms. The van der Waals surface area contributed by atoms with Gasteiger partial charge in [0, 0.05) is 18.8 Å². The molecule has 0 saturated heterocycles. The van der Waals surface area contributed by atoms with E-state index in [1.807, 2.05) is 0 Å². The highest BCUT2D eigenvalue weighted by Gasteiger charge is 2.42. The maximum absolute atomic E-state index is 12.6. The van der Waals surface area contributed by atoms with Crippen molar-refractivity contribution in [1.29, 1.82) is 0 Å². The summed E-state index contributed by atoms with van der Waals surface area (Å²) in [6.45, 7) is 2.45. The van der Waals surface area contributed by atoms with E-state index in [9.17, 15) is 13.2 Å². The molecule has 24 heavy (non-hydrogen) atoms. The van der Waals surface area contributed by atoms with Gasteiger partial charge in [-0.25, -0.2) is 8.42 Å². The zero-order valence-electron chi connectivity index (χ0n) is 13.8. The second-order valence-corrected chi connectivity index (χ2v) is 9.20. The molecule has 130 valence electrons. The lowest BCUT2D eigenvalue weighted by molar-refractivity contribution is -0.118. The summed E-state index contributed by atoms with van der Waals surface area (Å²) >= 11 is 0. The van der Waals surface area contributed by atoms with Crippen LogP contribution in [0.5, 0.6) is 0 Å². The van der Waals surface area contributed by atoms with Crippen molar-refractivity contribution in [2.24, 2.45) is 22.2 Å². The van der Waals surface area contributed by atoms with E-state index in [0.717, 1.165) is 11.8 Å². The monoisotopic (exact) mass is 349 g/mol. The van der Waals surface area contributed by atoms with Gasteiger partial charge in [0.15, 0.2) is 0 Å². The largest absolute Gasteiger partial charge is 0.349 e. The van der Waals surface area contributed by atoms with Crippen molar-refractivity contribution in [1.82, 2.24) is 10.2 Å². The van der Waals surface area contributed by atoms with Crippen molar-refractivity contribution in [2.45, 2.75) is 38.6 Å². The van der Waals surface area contributed by atoms with Crippen LogP contribution in [0, 0.1) is 17.8 Å². The van der Waals surface area contributed by atoms with E-state index in [4.69, 9.17) is 0 Å². The minimum Gasteiger partial charge on any atom is -0.349 e. The van der Waals surface area contributed by atoms with Crippen LogP contribution in [0.25, 0.3) is 0 Å². The Balaban J connectivity index is 1.42. The standard InChI is InChI=1S/C17H23N3O3S/c1-11(15-9-12-2-3-13(15)8-12)18-17(21)14-4-5-16-19-24(22,23)7-6-20(16)10-14/h4-5,10-13,15H,2-3,6-9H2,1H3,(H,18,21). The van der Waals surface area contributed by atoms with Crippen molar-refractivity contribution < 1.29 is 13.2 Å². The summed E-state index contributed by atoms with van der Waals surface area (Å²) in [5, 5.41) is 3.14. The fourth-order valence-electron chi connectivity index (χ4n) is 4.64. The lowest BCUT2D eigenvalue weighted by Crippen LogP contribution is -2.42. The third-order valence-electron chi connectivity index (χ3n) is 5.88. The molecule has 4 rings (SSSR count). The number of sulfonamides is 1. The van der Waals surface area contributed by atoms with Gasteiger partial charge in [-0.2, -0.15) is 0 Å². The molecule has 2 aliphatic heterocycles. The Morgan fingerprint density at radius 3 is 2.88 bits per heavy atom. The van der Waals surface area contributed by atoms with Crippen molar-refractivity contribution in [3.63, 3.8) is 0 Å². The van der Waals surface area contributed by atoms with Gasteiger partial charge in [-0.3, -0.25) is 4.79 Å². The molecule has 4 unspecified atom stereocenters. The van der Waals surface area contributed by atoms with E-state index in [1.54, 1.807) is 23.3 Å². The number of nitrogens with zero attached hydrogens (tertiary/aromatic N) is 2. The average Bonchev–Trinajstić information content (AvgIpc) is 3.16. The molecule has 0 aromatic heterocycles. The molecule has 4 aliphatic rings. The van der Waals surface area contributed by atoms with Gasteiger partial charge in [-0.15, -0.1) is 4.40 Å². The molecule has 0 aromatic rings.